The largest absolute Gasteiger partial charge is 0.378 e. The molecule has 2 heterocycles. The SMILES string of the molecule is CC1CCC(C[C@H](CC(=O)N2CCOCC2)C(=O)N[C@]2(C#N)CCN(C3CCCCC3)C2)CC1. The van der Waals surface area contributed by atoms with E-state index < -0.39 is 5.54 Å². The number of nitriles is 1. The molecule has 7 heteroatoms. The molecule has 0 aromatic rings. The highest BCUT2D eigenvalue weighted by Gasteiger charge is 2.43. The third-order valence-corrected chi connectivity index (χ3v) is 8.88. The van der Waals surface area contributed by atoms with Gasteiger partial charge in [0.25, 0.3) is 0 Å². The lowest BCUT2D eigenvalue weighted by molar-refractivity contribution is -0.140. The van der Waals surface area contributed by atoms with Crippen LogP contribution in [-0.2, 0) is 14.3 Å². The first kappa shape index (κ1) is 25.4. The van der Waals surface area contributed by atoms with Crippen molar-refractivity contribution >= 4 is 11.8 Å². The van der Waals surface area contributed by atoms with Crippen molar-refractivity contribution in [1.29, 1.82) is 5.26 Å². The maximum Gasteiger partial charge on any atom is 0.224 e. The van der Waals surface area contributed by atoms with Crippen LogP contribution >= 0.6 is 0 Å². The topological polar surface area (TPSA) is 85.7 Å². The summed E-state index contributed by atoms with van der Waals surface area (Å²) >= 11 is 0. The summed E-state index contributed by atoms with van der Waals surface area (Å²) in [6.07, 6.45) is 12.6. The fourth-order valence-electron chi connectivity index (χ4n) is 6.56. The van der Waals surface area contributed by atoms with Crippen molar-refractivity contribution in [3.8, 4) is 6.07 Å². The molecule has 1 N–H and O–H groups in total. The Morgan fingerprint density at radius 1 is 1.06 bits per heavy atom. The van der Waals surface area contributed by atoms with E-state index in [0.717, 1.165) is 31.7 Å². The Kier molecular flexibility index (Phi) is 8.87. The number of amides is 2. The summed E-state index contributed by atoms with van der Waals surface area (Å²) in [5.74, 6) is 0.846. The van der Waals surface area contributed by atoms with Crippen molar-refractivity contribution in [3.05, 3.63) is 0 Å². The number of nitrogens with zero attached hydrogens (tertiary/aromatic N) is 3. The van der Waals surface area contributed by atoms with E-state index in [1.54, 1.807) is 0 Å². The van der Waals surface area contributed by atoms with Gasteiger partial charge in [0, 0.05) is 44.6 Å². The molecule has 0 aromatic heterocycles. The molecule has 190 valence electrons. The van der Waals surface area contributed by atoms with Gasteiger partial charge in [-0.3, -0.25) is 14.5 Å². The lowest BCUT2D eigenvalue weighted by atomic mass is 9.77. The van der Waals surface area contributed by atoms with Gasteiger partial charge < -0.3 is 15.0 Å². The van der Waals surface area contributed by atoms with E-state index >= 15 is 0 Å². The Labute approximate surface area is 205 Å². The fraction of sp³-hybridized carbons (Fsp3) is 0.889. The molecule has 34 heavy (non-hydrogen) atoms. The molecule has 0 radical (unpaired) electrons. The van der Waals surface area contributed by atoms with Gasteiger partial charge >= 0.3 is 0 Å². The molecule has 4 rings (SSSR count). The number of morpholine rings is 1. The molecule has 0 spiro atoms. The van der Waals surface area contributed by atoms with Crippen molar-refractivity contribution < 1.29 is 14.3 Å². The van der Waals surface area contributed by atoms with Gasteiger partial charge in [-0.15, -0.1) is 0 Å². The summed E-state index contributed by atoms with van der Waals surface area (Å²) in [5, 5.41) is 13.3. The number of ether oxygens (including phenoxy) is 1. The number of hydrogen-bond donors (Lipinski definition) is 1. The summed E-state index contributed by atoms with van der Waals surface area (Å²) in [6, 6.07) is 3.02. The van der Waals surface area contributed by atoms with Crippen molar-refractivity contribution in [1.82, 2.24) is 15.1 Å². The van der Waals surface area contributed by atoms with Gasteiger partial charge in [0.15, 0.2) is 0 Å². The third kappa shape index (κ3) is 6.51. The second-order valence-electron chi connectivity index (χ2n) is 11.5. The maximum absolute atomic E-state index is 13.6. The van der Waals surface area contributed by atoms with Crippen LogP contribution in [0.5, 0.6) is 0 Å². The van der Waals surface area contributed by atoms with E-state index in [-0.39, 0.29) is 24.2 Å². The second-order valence-corrected chi connectivity index (χ2v) is 11.5. The molecule has 7 nitrogen and oxygen atoms in total. The van der Waals surface area contributed by atoms with Crippen molar-refractivity contribution in [2.75, 3.05) is 39.4 Å². The van der Waals surface area contributed by atoms with E-state index in [1.807, 2.05) is 4.90 Å². The zero-order valence-electron chi connectivity index (χ0n) is 21.1. The summed E-state index contributed by atoms with van der Waals surface area (Å²) in [5.41, 5.74) is -0.824. The zero-order valence-corrected chi connectivity index (χ0v) is 21.1. The van der Waals surface area contributed by atoms with E-state index in [9.17, 15) is 14.9 Å². The number of hydrogen-bond acceptors (Lipinski definition) is 5. The monoisotopic (exact) mass is 472 g/mol. The summed E-state index contributed by atoms with van der Waals surface area (Å²) < 4.78 is 5.40. The molecule has 0 aromatic carbocycles. The van der Waals surface area contributed by atoms with Gasteiger partial charge in [-0.05, 0) is 37.5 Å². The number of nitrogens with one attached hydrogen (secondary N) is 1. The lowest BCUT2D eigenvalue weighted by Crippen LogP contribution is -2.53. The standard InChI is InChI=1S/C27H44N4O3/c1-21-7-9-22(10-8-21)17-23(18-25(32)30-13-15-34-16-14-30)26(33)29-27(19-28)11-12-31(20-27)24-5-3-2-4-6-24/h21-24H,2-18,20H2,1H3,(H,29,33)/t21?,22?,23-,27+/m1/s1. The van der Waals surface area contributed by atoms with E-state index in [2.05, 4.69) is 23.2 Å². The summed E-state index contributed by atoms with van der Waals surface area (Å²) in [6.45, 7) is 6.13. The van der Waals surface area contributed by atoms with Gasteiger partial charge in [-0.2, -0.15) is 5.26 Å². The molecule has 0 unspecified atom stereocenters. The summed E-state index contributed by atoms with van der Waals surface area (Å²) in [7, 11) is 0. The first-order valence-corrected chi connectivity index (χ1v) is 13.8. The van der Waals surface area contributed by atoms with Crippen LogP contribution in [0.15, 0.2) is 0 Å². The molecule has 2 amide bonds. The van der Waals surface area contributed by atoms with Crippen LogP contribution in [0, 0.1) is 29.1 Å². The molecule has 2 atom stereocenters. The predicted octanol–water partition coefficient (Wildman–Crippen LogP) is 3.48. The van der Waals surface area contributed by atoms with E-state index in [4.69, 9.17) is 4.74 Å². The Morgan fingerprint density at radius 2 is 1.76 bits per heavy atom. The molecular weight excluding hydrogens is 428 g/mol. The highest BCUT2D eigenvalue weighted by molar-refractivity contribution is 5.86. The molecule has 4 fully saturated rings. The van der Waals surface area contributed by atoms with Gasteiger partial charge in [0.1, 0.15) is 5.54 Å². The van der Waals surface area contributed by atoms with Crippen LogP contribution in [0.4, 0.5) is 0 Å². The predicted molar refractivity (Wildman–Crippen MR) is 131 cm³/mol. The highest BCUT2D eigenvalue weighted by Crippen LogP contribution is 2.34. The van der Waals surface area contributed by atoms with Crippen LogP contribution in [0.2, 0.25) is 0 Å². The third-order valence-electron chi connectivity index (χ3n) is 8.88. The molecule has 2 aliphatic heterocycles. The number of carbonyl (C=O) groups excluding carboxylic acids is 2. The van der Waals surface area contributed by atoms with Crippen LogP contribution < -0.4 is 5.32 Å². The molecule has 0 bridgehead atoms. The van der Waals surface area contributed by atoms with E-state index in [0.29, 0.717) is 51.2 Å². The van der Waals surface area contributed by atoms with Crippen molar-refractivity contribution in [3.63, 3.8) is 0 Å². The molecule has 4 aliphatic rings. The second kappa shape index (κ2) is 11.9. The summed E-state index contributed by atoms with van der Waals surface area (Å²) in [4.78, 5) is 31.0. The van der Waals surface area contributed by atoms with E-state index in [1.165, 1.54) is 44.9 Å². The smallest absolute Gasteiger partial charge is 0.224 e. The minimum atomic E-state index is -0.824. The maximum atomic E-state index is 13.6. The first-order chi connectivity index (χ1) is 16.5. The molecule has 2 aliphatic carbocycles. The van der Waals surface area contributed by atoms with Gasteiger partial charge in [-0.25, -0.2) is 0 Å². The average Bonchev–Trinajstić information content (AvgIpc) is 3.30. The number of likely N-dealkylation sites (tertiary alicyclic amines) is 1. The van der Waals surface area contributed by atoms with Crippen molar-refractivity contribution in [2.24, 2.45) is 17.8 Å². The van der Waals surface area contributed by atoms with Crippen LogP contribution in [-0.4, -0.2) is 72.6 Å². The molecule has 2 saturated heterocycles. The zero-order chi connectivity index (χ0) is 24.0. The van der Waals surface area contributed by atoms with Crippen LogP contribution in [0.1, 0.15) is 84.0 Å². The van der Waals surface area contributed by atoms with Crippen molar-refractivity contribution in [2.45, 2.75) is 95.6 Å². The minimum absolute atomic E-state index is 0.0499. The molecule has 2 saturated carbocycles. The van der Waals surface area contributed by atoms with Gasteiger partial charge in [-0.1, -0.05) is 51.9 Å². The van der Waals surface area contributed by atoms with Crippen LogP contribution in [0.25, 0.3) is 0 Å². The van der Waals surface area contributed by atoms with Gasteiger partial charge in [0.2, 0.25) is 11.8 Å². The minimum Gasteiger partial charge on any atom is -0.378 e. The lowest BCUT2D eigenvalue weighted by Gasteiger charge is -2.34. The van der Waals surface area contributed by atoms with Crippen LogP contribution in [0.3, 0.4) is 0 Å². The Bertz CT molecular complexity index is 733. The Morgan fingerprint density at radius 3 is 2.44 bits per heavy atom. The normalized spacial score (nSPS) is 32.2. The fourth-order valence-corrected chi connectivity index (χ4v) is 6.56. The number of rotatable bonds is 7. The number of carbonyl (C=O) groups is 2. The average molecular weight is 473 g/mol. The molecular formula is C27H44N4O3. The highest BCUT2D eigenvalue weighted by atomic mass is 16.5. The van der Waals surface area contributed by atoms with Gasteiger partial charge in [0.05, 0.1) is 19.3 Å². The quantitative estimate of drug-likeness (QED) is 0.613. The Hall–Kier alpha value is -1.65. The first-order valence-electron chi connectivity index (χ1n) is 13.8. The Balaban J connectivity index is 1.40.